The van der Waals surface area contributed by atoms with Crippen LogP contribution in [0.4, 0.5) is 5.69 Å². The number of carbonyl (C=O) groups excluding carboxylic acids is 1. The fourth-order valence-electron chi connectivity index (χ4n) is 6.44. The third-order valence-electron chi connectivity index (χ3n) is 10.0. The number of nitrogens with zero attached hydrogens (tertiary/aromatic N) is 3. The Hall–Kier alpha value is -4.57. The molecule has 0 atom stereocenters. The van der Waals surface area contributed by atoms with E-state index in [1.807, 2.05) is 19.3 Å². The van der Waals surface area contributed by atoms with Gasteiger partial charge in [-0.15, -0.1) is 0 Å². The van der Waals surface area contributed by atoms with E-state index in [0.717, 1.165) is 39.3 Å². The molecule has 0 bridgehead atoms. The summed E-state index contributed by atoms with van der Waals surface area (Å²) in [7, 11) is 0. The molecule has 0 N–H and O–H groups in total. The van der Waals surface area contributed by atoms with Gasteiger partial charge >= 0.3 is 0 Å². The molecule has 52 heavy (non-hydrogen) atoms. The highest BCUT2D eigenvalue weighted by Gasteiger charge is 2.23. The maximum atomic E-state index is 12.8. The zero-order valence-corrected chi connectivity index (χ0v) is 34.1. The summed E-state index contributed by atoms with van der Waals surface area (Å²) in [5, 5.41) is 0. The van der Waals surface area contributed by atoms with E-state index in [4.69, 9.17) is 9.97 Å². The van der Waals surface area contributed by atoms with E-state index in [-0.39, 0.29) is 27.6 Å². The molecular formula is C48H59N3O. The number of hydrogen-bond acceptors (Lipinski definition) is 3. The molecule has 4 nitrogen and oxygen atoms in total. The molecule has 3 aromatic carbocycles. The first-order valence-electron chi connectivity index (χ1n) is 18.7. The summed E-state index contributed by atoms with van der Waals surface area (Å²) >= 11 is 0. The molecule has 0 aliphatic heterocycles. The van der Waals surface area contributed by atoms with E-state index in [9.17, 15) is 4.79 Å². The average Bonchev–Trinajstić information content (AvgIpc) is 3.06. The first-order chi connectivity index (χ1) is 24.0. The molecule has 0 saturated heterocycles. The third-order valence-corrected chi connectivity index (χ3v) is 10.0. The minimum atomic E-state index is -0.000945. The summed E-state index contributed by atoms with van der Waals surface area (Å²) in [4.78, 5) is 24.6. The highest BCUT2D eigenvalue weighted by molar-refractivity contribution is 5.93. The van der Waals surface area contributed by atoms with Gasteiger partial charge in [-0.2, -0.15) is 0 Å². The molecule has 2 aromatic heterocycles. The van der Waals surface area contributed by atoms with E-state index < -0.39 is 0 Å². The SMILES string of the molecule is CCN(C(C)=O)c1cc(-c2ccc(-c3cc(C(C)(C)C)cc(C(C)(C)C)c3)cn2)cc(-c2ccc(-c3cc(C(C)(C)C)cc(C(C)(C)C)c3)cn2)c1. The van der Waals surface area contributed by atoms with Crippen LogP contribution in [0.3, 0.4) is 0 Å². The lowest BCUT2D eigenvalue weighted by Gasteiger charge is -2.26. The molecule has 0 saturated carbocycles. The molecule has 2 heterocycles. The van der Waals surface area contributed by atoms with Crippen molar-refractivity contribution in [2.75, 3.05) is 11.4 Å². The topological polar surface area (TPSA) is 46.1 Å². The first-order valence-corrected chi connectivity index (χ1v) is 18.7. The van der Waals surface area contributed by atoms with Gasteiger partial charge in [0.25, 0.3) is 0 Å². The minimum absolute atomic E-state index is 0.000945. The summed E-state index contributed by atoms with van der Waals surface area (Å²) in [6.45, 7) is 31.4. The molecule has 272 valence electrons. The monoisotopic (exact) mass is 693 g/mol. The number of benzene rings is 3. The molecular weight excluding hydrogens is 635 g/mol. The van der Waals surface area contributed by atoms with Crippen LogP contribution in [0.1, 0.15) is 119 Å². The fraction of sp³-hybridized carbons (Fsp3) is 0.396. The van der Waals surface area contributed by atoms with E-state index in [0.29, 0.717) is 6.54 Å². The molecule has 0 radical (unpaired) electrons. The Labute approximate surface area is 313 Å². The number of anilines is 1. The third kappa shape index (κ3) is 8.72. The fourth-order valence-corrected chi connectivity index (χ4v) is 6.44. The van der Waals surface area contributed by atoms with Crippen molar-refractivity contribution in [1.82, 2.24) is 9.97 Å². The van der Waals surface area contributed by atoms with Crippen molar-refractivity contribution in [3.63, 3.8) is 0 Å². The highest BCUT2D eigenvalue weighted by atomic mass is 16.2. The smallest absolute Gasteiger partial charge is 0.223 e. The van der Waals surface area contributed by atoms with E-state index in [2.05, 4.69) is 162 Å². The molecule has 1 amide bonds. The van der Waals surface area contributed by atoms with Gasteiger partial charge < -0.3 is 4.90 Å². The Balaban J connectivity index is 1.57. The Kier molecular flexibility index (Phi) is 10.5. The number of carbonyl (C=O) groups is 1. The molecule has 4 heteroatoms. The van der Waals surface area contributed by atoms with Crippen LogP contribution in [0.15, 0.2) is 91.3 Å². The van der Waals surface area contributed by atoms with Crippen molar-refractivity contribution in [1.29, 1.82) is 0 Å². The number of hydrogen-bond donors (Lipinski definition) is 0. The van der Waals surface area contributed by atoms with Gasteiger partial charge in [0.1, 0.15) is 0 Å². The van der Waals surface area contributed by atoms with Gasteiger partial charge in [0.2, 0.25) is 5.91 Å². The summed E-state index contributed by atoms with van der Waals surface area (Å²) in [6.07, 6.45) is 3.95. The number of amides is 1. The molecule has 5 aromatic rings. The van der Waals surface area contributed by atoms with Crippen molar-refractivity contribution in [3.05, 3.63) is 114 Å². The summed E-state index contributed by atoms with van der Waals surface area (Å²) < 4.78 is 0. The van der Waals surface area contributed by atoms with E-state index >= 15 is 0 Å². The summed E-state index contributed by atoms with van der Waals surface area (Å²) in [5.41, 5.74) is 14.3. The Morgan fingerprint density at radius 1 is 0.481 bits per heavy atom. The van der Waals surface area contributed by atoms with Gasteiger partial charge in [-0.3, -0.25) is 14.8 Å². The quantitative estimate of drug-likeness (QED) is 0.178. The van der Waals surface area contributed by atoms with Crippen molar-refractivity contribution in [2.24, 2.45) is 0 Å². The maximum Gasteiger partial charge on any atom is 0.223 e. The number of aromatic nitrogens is 2. The van der Waals surface area contributed by atoms with Crippen LogP contribution in [0.25, 0.3) is 44.8 Å². The predicted octanol–water partition coefficient (Wildman–Crippen LogP) is 12.7. The average molecular weight is 694 g/mol. The van der Waals surface area contributed by atoms with Gasteiger partial charge in [0.15, 0.2) is 0 Å². The second-order valence-electron chi connectivity index (χ2n) is 18.5. The van der Waals surface area contributed by atoms with Gasteiger partial charge in [-0.05, 0) is 92.3 Å². The number of rotatable bonds is 6. The molecule has 0 aliphatic carbocycles. The van der Waals surface area contributed by atoms with Crippen molar-refractivity contribution < 1.29 is 4.79 Å². The van der Waals surface area contributed by atoms with Crippen LogP contribution >= 0.6 is 0 Å². The number of pyridine rings is 2. The van der Waals surface area contributed by atoms with Crippen LogP contribution < -0.4 is 4.90 Å². The van der Waals surface area contributed by atoms with Crippen LogP contribution in [0, 0.1) is 0 Å². The largest absolute Gasteiger partial charge is 0.313 e. The van der Waals surface area contributed by atoms with Gasteiger partial charge in [0.05, 0.1) is 11.4 Å². The zero-order valence-electron chi connectivity index (χ0n) is 34.1. The van der Waals surface area contributed by atoms with Gasteiger partial charge in [0, 0.05) is 53.8 Å². The second kappa shape index (κ2) is 14.1. The molecule has 0 aliphatic rings. The van der Waals surface area contributed by atoms with Crippen LogP contribution in [0.5, 0.6) is 0 Å². The highest BCUT2D eigenvalue weighted by Crippen LogP contribution is 2.37. The molecule has 0 unspecified atom stereocenters. The van der Waals surface area contributed by atoms with Gasteiger partial charge in [-0.25, -0.2) is 0 Å². The Bertz CT molecular complexity index is 1860. The Morgan fingerprint density at radius 3 is 1.08 bits per heavy atom. The van der Waals surface area contributed by atoms with Gasteiger partial charge in [-0.1, -0.05) is 132 Å². The normalized spacial score (nSPS) is 12.6. The van der Waals surface area contributed by atoms with Crippen LogP contribution in [-0.4, -0.2) is 22.4 Å². The minimum Gasteiger partial charge on any atom is -0.313 e. The van der Waals surface area contributed by atoms with Crippen LogP contribution in [-0.2, 0) is 26.5 Å². The van der Waals surface area contributed by atoms with Crippen LogP contribution in [0.2, 0.25) is 0 Å². The lowest BCUT2D eigenvalue weighted by atomic mass is 9.79. The summed E-state index contributed by atoms with van der Waals surface area (Å²) in [6, 6.07) is 28.7. The zero-order chi connectivity index (χ0) is 38.4. The van der Waals surface area contributed by atoms with E-state index in [1.54, 1.807) is 11.8 Å². The second-order valence-corrected chi connectivity index (χ2v) is 18.5. The maximum absolute atomic E-state index is 12.8. The lowest BCUT2D eigenvalue weighted by molar-refractivity contribution is -0.116. The van der Waals surface area contributed by atoms with Crippen molar-refractivity contribution >= 4 is 11.6 Å². The first kappa shape index (κ1) is 38.7. The lowest BCUT2D eigenvalue weighted by Crippen LogP contribution is -2.27. The summed E-state index contributed by atoms with van der Waals surface area (Å²) in [5.74, 6) is -0.000945. The molecule has 5 rings (SSSR count). The van der Waals surface area contributed by atoms with Crippen molar-refractivity contribution in [2.45, 2.75) is 119 Å². The standard InChI is InChI=1S/C48H59N3O/c1-15-51(31(2)52)42-25-36(43-18-16-32(29-49-43)34-21-38(45(3,4)5)27-39(22-34)46(6,7)8)20-37(26-42)44-19-17-33(30-50-44)35-23-40(47(9,10)11)28-41(24-35)48(12,13)14/h16-30H,15H2,1-14H3. The Morgan fingerprint density at radius 2 is 0.827 bits per heavy atom. The van der Waals surface area contributed by atoms with Crippen molar-refractivity contribution in [3.8, 4) is 44.8 Å². The molecule has 0 spiro atoms. The predicted molar refractivity (Wildman–Crippen MR) is 222 cm³/mol. The molecule has 0 fully saturated rings. The van der Waals surface area contributed by atoms with E-state index in [1.165, 1.54) is 33.4 Å².